The van der Waals surface area contributed by atoms with E-state index in [1.165, 1.54) is 0 Å². The lowest BCUT2D eigenvalue weighted by Crippen LogP contribution is -2.30. The SMILES string of the molecule is O=C(Nc1ccc2c(c1)CCN2C(=O)C1CC1)c1ccc(Cl)c(Cl)c1. The van der Waals surface area contributed by atoms with E-state index in [-0.39, 0.29) is 17.7 Å². The molecule has 4 nitrogen and oxygen atoms in total. The van der Waals surface area contributed by atoms with E-state index < -0.39 is 0 Å². The molecule has 1 fully saturated rings. The molecular weight excluding hydrogens is 359 g/mol. The van der Waals surface area contributed by atoms with Crippen molar-refractivity contribution in [2.24, 2.45) is 5.92 Å². The number of hydrogen-bond acceptors (Lipinski definition) is 2. The van der Waals surface area contributed by atoms with Gasteiger partial charge in [-0.15, -0.1) is 0 Å². The molecule has 4 rings (SSSR count). The van der Waals surface area contributed by atoms with Gasteiger partial charge in [-0.1, -0.05) is 23.2 Å². The minimum absolute atomic E-state index is 0.208. The third kappa shape index (κ3) is 3.24. The number of amides is 2. The number of carbonyl (C=O) groups is 2. The predicted molar refractivity (Wildman–Crippen MR) is 99.6 cm³/mol. The van der Waals surface area contributed by atoms with Crippen LogP contribution in [0.2, 0.25) is 10.0 Å². The van der Waals surface area contributed by atoms with Gasteiger partial charge < -0.3 is 10.2 Å². The van der Waals surface area contributed by atoms with Crippen molar-refractivity contribution >= 4 is 46.4 Å². The highest BCUT2D eigenvalue weighted by atomic mass is 35.5. The first-order chi connectivity index (χ1) is 12.0. The molecule has 0 radical (unpaired) electrons. The molecule has 1 N–H and O–H groups in total. The van der Waals surface area contributed by atoms with E-state index in [2.05, 4.69) is 5.32 Å². The lowest BCUT2D eigenvalue weighted by atomic mass is 10.1. The molecule has 0 bridgehead atoms. The summed E-state index contributed by atoms with van der Waals surface area (Å²) in [5.41, 5.74) is 3.20. The number of hydrogen-bond donors (Lipinski definition) is 1. The Morgan fingerprint density at radius 3 is 2.56 bits per heavy atom. The summed E-state index contributed by atoms with van der Waals surface area (Å²) < 4.78 is 0. The zero-order chi connectivity index (χ0) is 17.6. The number of carbonyl (C=O) groups excluding carboxylic acids is 2. The Bertz CT molecular complexity index is 878. The van der Waals surface area contributed by atoms with Crippen LogP contribution in [0.3, 0.4) is 0 Å². The second-order valence-electron chi connectivity index (χ2n) is 6.44. The van der Waals surface area contributed by atoms with Crippen molar-refractivity contribution in [1.82, 2.24) is 0 Å². The second kappa shape index (κ2) is 6.36. The third-order valence-electron chi connectivity index (χ3n) is 4.61. The molecule has 1 aliphatic heterocycles. The van der Waals surface area contributed by atoms with Gasteiger partial charge in [-0.3, -0.25) is 9.59 Å². The number of fused-ring (bicyclic) bond motifs is 1. The summed E-state index contributed by atoms with van der Waals surface area (Å²) in [7, 11) is 0. The number of nitrogens with one attached hydrogen (secondary N) is 1. The number of nitrogens with zero attached hydrogens (tertiary/aromatic N) is 1. The maximum absolute atomic E-state index is 12.4. The van der Waals surface area contributed by atoms with Crippen LogP contribution in [0.4, 0.5) is 11.4 Å². The average Bonchev–Trinajstić information content (AvgIpc) is 3.36. The molecule has 128 valence electrons. The zero-order valence-electron chi connectivity index (χ0n) is 13.4. The van der Waals surface area contributed by atoms with E-state index in [4.69, 9.17) is 23.2 Å². The number of benzene rings is 2. The molecule has 0 unspecified atom stereocenters. The van der Waals surface area contributed by atoms with E-state index in [1.807, 2.05) is 23.1 Å². The van der Waals surface area contributed by atoms with Crippen molar-refractivity contribution < 1.29 is 9.59 Å². The Morgan fingerprint density at radius 2 is 1.84 bits per heavy atom. The Hall–Kier alpha value is -2.04. The van der Waals surface area contributed by atoms with Crippen molar-refractivity contribution in [2.75, 3.05) is 16.8 Å². The van der Waals surface area contributed by atoms with Crippen LogP contribution in [-0.4, -0.2) is 18.4 Å². The first-order valence-corrected chi connectivity index (χ1v) is 8.99. The number of halogens is 2. The molecule has 2 aromatic carbocycles. The lowest BCUT2D eigenvalue weighted by molar-refractivity contribution is -0.119. The highest BCUT2D eigenvalue weighted by Crippen LogP contribution is 2.37. The first-order valence-electron chi connectivity index (χ1n) is 8.23. The summed E-state index contributed by atoms with van der Waals surface area (Å²) in [6.45, 7) is 0.717. The highest BCUT2D eigenvalue weighted by Gasteiger charge is 2.36. The second-order valence-corrected chi connectivity index (χ2v) is 7.26. The van der Waals surface area contributed by atoms with E-state index in [1.54, 1.807) is 18.2 Å². The van der Waals surface area contributed by atoms with E-state index in [0.717, 1.165) is 37.1 Å². The van der Waals surface area contributed by atoms with Gasteiger partial charge in [-0.25, -0.2) is 0 Å². The fourth-order valence-corrected chi connectivity index (χ4v) is 3.40. The number of anilines is 2. The quantitative estimate of drug-likeness (QED) is 0.856. The molecule has 0 atom stereocenters. The Kier molecular flexibility index (Phi) is 4.18. The average molecular weight is 375 g/mol. The highest BCUT2D eigenvalue weighted by molar-refractivity contribution is 6.42. The van der Waals surface area contributed by atoms with Crippen LogP contribution in [0.5, 0.6) is 0 Å². The molecule has 0 spiro atoms. The minimum Gasteiger partial charge on any atom is -0.322 e. The zero-order valence-corrected chi connectivity index (χ0v) is 14.9. The summed E-state index contributed by atoms with van der Waals surface area (Å²) in [5.74, 6) is 0.189. The molecule has 2 aromatic rings. The molecule has 0 saturated heterocycles. The van der Waals surface area contributed by atoms with Crippen LogP contribution in [0, 0.1) is 5.92 Å². The van der Waals surface area contributed by atoms with Crippen LogP contribution in [0.15, 0.2) is 36.4 Å². The van der Waals surface area contributed by atoms with E-state index >= 15 is 0 Å². The maximum Gasteiger partial charge on any atom is 0.255 e. The molecule has 6 heteroatoms. The van der Waals surface area contributed by atoms with Gasteiger partial charge in [0.25, 0.3) is 5.91 Å². The number of rotatable bonds is 3. The van der Waals surface area contributed by atoms with Crippen molar-refractivity contribution in [2.45, 2.75) is 19.3 Å². The molecule has 2 aliphatic rings. The Balaban J connectivity index is 1.51. The van der Waals surface area contributed by atoms with Crippen molar-refractivity contribution in [3.8, 4) is 0 Å². The molecule has 1 heterocycles. The minimum atomic E-state index is -0.248. The fourth-order valence-electron chi connectivity index (χ4n) is 3.10. The molecule has 25 heavy (non-hydrogen) atoms. The Morgan fingerprint density at radius 1 is 1.04 bits per heavy atom. The van der Waals surface area contributed by atoms with E-state index in [9.17, 15) is 9.59 Å². The molecule has 1 saturated carbocycles. The summed E-state index contributed by atoms with van der Waals surface area (Å²) >= 11 is 11.8. The standard InChI is InChI=1S/C19H16Cl2N2O2/c20-15-5-3-13(10-16(15)21)18(24)22-14-4-6-17-12(9-14)7-8-23(17)19(25)11-1-2-11/h3-6,9-11H,1-2,7-8H2,(H,22,24). The molecule has 1 aliphatic carbocycles. The summed E-state index contributed by atoms with van der Waals surface area (Å²) in [5, 5.41) is 3.63. The molecule has 2 amide bonds. The van der Waals surface area contributed by atoms with Crippen molar-refractivity contribution in [3.05, 3.63) is 57.6 Å². The van der Waals surface area contributed by atoms with Gasteiger partial charge >= 0.3 is 0 Å². The van der Waals surface area contributed by atoms with Crippen LogP contribution in [0.25, 0.3) is 0 Å². The van der Waals surface area contributed by atoms with Crippen molar-refractivity contribution in [1.29, 1.82) is 0 Å². The van der Waals surface area contributed by atoms with Crippen LogP contribution >= 0.6 is 23.2 Å². The van der Waals surface area contributed by atoms with Crippen LogP contribution < -0.4 is 10.2 Å². The van der Waals surface area contributed by atoms with Gasteiger partial charge in [0.2, 0.25) is 5.91 Å². The molecular formula is C19H16Cl2N2O2. The summed E-state index contributed by atoms with van der Waals surface area (Å²) in [4.78, 5) is 26.6. The van der Waals surface area contributed by atoms with Gasteiger partial charge in [-0.2, -0.15) is 0 Å². The molecule has 0 aromatic heterocycles. The predicted octanol–water partition coefficient (Wildman–Crippen LogP) is 4.54. The van der Waals surface area contributed by atoms with Gasteiger partial charge in [0.05, 0.1) is 10.0 Å². The Labute approximate surface area is 155 Å². The largest absolute Gasteiger partial charge is 0.322 e. The smallest absolute Gasteiger partial charge is 0.255 e. The normalized spacial score (nSPS) is 15.8. The monoisotopic (exact) mass is 374 g/mol. The van der Waals surface area contributed by atoms with Crippen LogP contribution in [-0.2, 0) is 11.2 Å². The van der Waals surface area contributed by atoms with Gasteiger partial charge in [0, 0.05) is 29.4 Å². The van der Waals surface area contributed by atoms with Gasteiger partial charge in [0.15, 0.2) is 0 Å². The van der Waals surface area contributed by atoms with E-state index in [0.29, 0.717) is 21.3 Å². The van der Waals surface area contributed by atoms with Gasteiger partial charge in [0.1, 0.15) is 0 Å². The fraction of sp³-hybridized carbons (Fsp3) is 0.263. The summed E-state index contributed by atoms with van der Waals surface area (Å²) in [6, 6.07) is 10.4. The van der Waals surface area contributed by atoms with Crippen molar-refractivity contribution in [3.63, 3.8) is 0 Å². The first kappa shape index (κ1) is 16.4. The van der Waals surface area contributed by atoms with Crippen LogP contribution in [0.1, 0.15) is 28.8 Å². The lowest BCUT2D eigenvalue weighted by Gasteiger charge is -2.17. The topological polar surface area (TPSA) is 49.4 Å². The third-order valence-corrected chi connectivity index (χ3v) is 5.35. The van der Waals surface area contributed by atoms with Gasteiger partial charge in [-0.05, 0) is 61.2 Å². The maximum atomic E-state index is 12.4. The summed E-state index contributed by atoms with van der Waals surface area (Å²) in [6.07, 6.45) is 2.81.